The minimum Gasteiger partial charge on any atom is -0.339 e. The van der Waals surface area contributed by atoms with E-state index in [1.54, 1.807) is 4.90 Å². The highest BCUT2D eigenvalue weighted by Gasteiger charge is 2.13. The van der Waals surface area contributed by atoms with Crippen LogP contribution in [0.3, 0.4) is 0 Å². The third-order valence-corrected chi connectivity index (χ3v) is 2.02. The Bertz CT molecular complexity index is 173. The standard InChI is InChI=1S/C9H14FNO/c10-6-4-5-9(12)11-7-2-1-3-8-11/h4-5H,1-3,6-8H2/b5-4+. The summed E-state index contributed by atoms with van der Waals surface area (Å²) in [5.41, 5.74) is 0. The highest BCUT2D eigenvalue weighted by molar-refractivity contribution is 5.87. The minimum absolute atomic E-state index is 0.0487. The first-order chi connectivity index (χ1) is 5.84. The third-order valence-electron chi connectivity index (χ3n) is 2.02. The summed E-state index contributed by atoms with van der Waals surface area (Å²) < 4.78 is 11.7. The number of piperidine rings is 1. The van der Waals surface area contributed by atoms with Crippen LogP contribution in [0.2, 0.25) is 0 Å². The lowest BCUT2D eigenvalue weighted by Crippen LogP contribution is -2.34. The number of likely N-dealkylation sites (tertiary alicyclic amines) is 1. The van der Waals surface area contributed by atoms with Crippen LogP contribution in [0.1, 0.15) is 19.3 Å². The monoisotopic (exact) mass is 171 g/mol. The average molecular weight is 171 g/mol. The van der Waals surface area contributed by atoms with E-state index in [0.29, 0.717) is 0 Å². The number of carbonyl (C=O) groups is 1. The van der Waals surface area contributed by atoms with Crippen LogP contribution >= 0.6 is 0 Å². The zero-order valence-corrected chi connectivity index (χ0v) is 7.13. The van der Waals surface area contributed by atoms with Crippen LogP contribution in [0, 0.1) is 0 Å². The van der Waals surface area contributed by atoms with Crippen molar-refractivity contribution in [2.45, 2.75) is 19.3 Å². The molecule has 0 N–H and O–H groups in total. The van der Waals surface area contributed by atoms with Crippen LogP contribution in [0.5, 0.6) is 0 Å². The molecular weight excluding hydrogens is 157 g/mol. The molecule has 2 nitrogen and oxygen atoms in total. The number of hydrogen-bond donors (Lipinski definition) is 0. The van der Waals surface area contributed by atoms with Gasteiger partial charge in [-0.3, -0.25) is 4.79 Å². The predicted molar refractivity (Wildman–Crippen MR) is 45.5 cm³/mol. The Morgan fingerprint density at radius 2 is 2.00 bits per heavy atom. The summed E-state index contributed by atoms with van der Waals surface area (Å²) in [6.07, 6.45) is 5.95. The van der Waals surface area contributed by atoms with Gasteiger partial charge in [0.05, 0.1) is 0 Å². The molecule has 1 heterocycles. The van der Waals surface area contributed by atoms with Crippen molar-refractivity contribution >= 4 is 5.91 Å². The molecule has 0 radical (unpaired) electrons. The minimum atomic E-state index is -0.556. The van der Waals surface area contributed by atoms with E-state index in [-0.39, 0.29) is 5.91 Å². The van der Waals surface area contributed by atoms with Crippen molar-refractivity contribution in [3.63, 3.8) is 0 Å². The Kier molecular flexibility index (Phi) is 3.77. The highest BCUT2D eigenvalue weighted by atomic mass is 19.1. The summed E-state index contributed by atoms with van der Waals surface area (Å²) in [5.74, 6) is -0.0487. The van der Waals surface area contributed by atoms with Crippen molar-refractivity contribution in [2.75, 3.05) is 19.8 Å². The van der Waals surface area contributed by atoms with Crippen molar-refractivity contribution in [1.82, 2.24) is 4.90 Å². The largest absolute Gasteiger partial charge is 0.339 e. The van der Waals surface area contributed by atoms with E-state index < -0.39 is 6.67 Å². The summed E-state index contributed by atoms with van der Waals surface area (Å²) in [6, 6.07) is 0. The van der Waals surface area contributed by atoms with Gasteiger partial charge in [-0.1, -0.05) is 0 Å². The fraction of sp³-hybridized carbons (Fsp3) is 0.667. The van der Waals surface area contributed by atoms with Crippen LogP contribution in [-0.2, 0) is 4.79 Å². The SMILES string of the molecule is O=C(/C=C/CF)N1CCCCC1. The smallest absolute Gasteiger partial charge is 0.246 e. The van der Waals surface area contributed by atoms with Crippen LogP contribution in [0.25, 0.3) is 0 Å². The fourth-order valence-electron chi connectivity index (χ4n) is 1.37. The number of carbonyl (C=O) groups excluding carboxylic acids is 1. The maximum Gasteiger partial charge on any atom is 0.246 e. The molecule has 0 spiro atoms. The quantitative estimate of drug-likeness (QED) is 0.577. The Morgan fingerprint density at radius 3 is 2.58 bits per heavy atom. The molecule has 0 bridgehead atoms. The number of amides is 1. The summed E-state index contributed by atoms with van der Waals surface area (Å²) in [5, 5.41) is 0. The lowest BCUT2D eigenvalue weighted by Gasteiger charge is -2.25. The number of nitrogens with zero attached hydrogens (tertiary/aromatic N) is 1. The van der Waals surface area contributed by atoms with Gasteiger partial charge < -0.3 is 4.90 Å². The molecule has 3 heteroatoms. The van der Waals surface area contributed by atoms with Gasteiger partial charge in [-0.2, -0.15) is 0 Å². The molecule has 1 aliphatic rings. The van der Waals surface area contributed by atoms with Gasteiger partial charge in [-0.25, -0.2) is 4.39 Å². The maximum absolute atomic E-state index is 11.7. The van der Waals surface area contributed by atoms with Gasteiger partial charge in [0, 0.05) is 19.2 Å². The van der Waals surface area contributed by atoms with Crippen LogP contribution < -0.4 is 0 Å². The number of halogens is 1. The summed E-state index contributed by atoms with van der Waals surface area (Å²) in [4.78, 5) is 13.0. The van der Waals surface area contributed by atoms with Crippen LogP contribution in [0.4, 0.5) is 4.39 Å². The van der Waals surface area contributed by atoms with Gasteiger partial charge in [0.2, 0.25) is 5.91 Å². The molecule has 0 aliphatic carbocycles. The van der Waals surface area contributed by atoms with Gasteiger partial charge in [-0.05, 0) is 25.3 Å². The summed E-state index contributed by atoms with van der Waals surface area (Å²) in [6.45, 7) is 1.10. The first-order valence-electron chi connectivity index (χ1n) is 4.36. The summed E-state index contributed by atoms with van der Waals surface area (Å²) >= 11 is 0. The number of hydrogen-bond acceptors (Lipinski definition) is 1. The molecule has 1 fully saturated rings. The van der Waals surface area contributed by atoms with Gasteiger partial charge in [0.15, 0.2) is 0 Å². The molecule has 1 aliphatic heterocycles. The maximum atomic E-state index is 11.7. The fourth-order valence-corrected chi connectivity index (χ4v) is 1.37. The van der Waals surface area contributed by atoms with E-state index in [9.17, 15) is 9.18 Å². The zero-order chi connectivity index (χ0) is 8.81. The Balaban J connectivity index is 2.34. The number of allylic oxidation sites excluding steroid dienone is 1. The molecule has 0 aromatic carbocycles. The second-order valence-electron chi connectivity index (χ2n) is 2.94. The van der Waals surface area contributed by atoms with E-state index in [1.165, 1.54) is 18.6 Å². The average Bonchev–Trinajstić information content (AvgIpc) is 2.15. The zero-order valence-electron chi connectivity index (χ0n) is 7.13. The Hall–Kier alpha value is -0.860. The molecule has 68 valence electrons. The molecule has 1 saturated heterocycles. The molecule has 0 aromatic heterocycles. The van der Waals surface area contributed by atoms with Crippen LogP contribution in [0.15, 0.2) is 12.2 Å². The third kappa shape index (κ3) is 2.64. The lowest BCUT2D eigenvalue weighted by molar-refractivity contribution is -0.126. The van der Waals surface area contributed by atoms with Crippen molar-refractivity contribution < 1.29 is 9.18 Å². The van der Waals surface area contributed by atoms with E-state index in [1.807, 2.05) is 0 Å². The van der Waals surface area contributed by atoms with E-state index in [4.69, 9.17) is 0 Å². The van der Waals surface area contributed by atoms with E-state index in [0.717, 1.165) is 25.9 Å². The second kappa shape index (κ2) is 4.91. The predicted octanol–water partition coefficient (Wildman–Crippen LogP) is 1.52. The van der Waals surface area contributed by atoms with Gasteiger partial charge in [-0.15, -0.1) is 0 Å². The van der Waals surface area contributed by atoms with Gasteiger partial charge in [0.1, 0.15) is 6.67 Å². The Labute approximate surface area is 72.1 Å². The highest BCUT2D eigenvalue weighted by Crippen LogP contribution is 2.08. The number of rotatable bonds is 2. The van der Waals surface area contributed by atoms with E-state index in [2.05, 4.69) is 0 Å². The molecule has 0 saturated carbocycles. The second-order valence-corrected chi connectivity index (χ2v) is 2.94. The van der Waals surface area contributed by atoms with Crippen molar-refractivity contribution in [2.24, 2.45) is 0 Å². The molecule has 0 aromatic rings. The van der Waals surface area contributed by atoms with Crippen molar-refractivity contribution in [3.05, 3.63) is 12.2 Å². The number of alkyl halides is 1. The molecule has 1 rings (SSSR count). The Morgan fingerprint density at radius 1 is 1.33 bits per heavy atom. The normalized spacial score (nSPS) is 18.6. The molecule has 0 unspecified atom stereocenters. The first-order valence-corrected chi connectivity index (χ1v) is 4.36. The summed E-state index contributed by atoms with van der Waals surface area (Å²) in [7, 11) is 0. The molecular formula is C9H14FNO. The molecule has 0 atom stereocenters. The molecule has 1 amide bonds. The topological polar surface area (TPSA) is 20.3 Å². The van der Waals surface area contributed by atoms with Crippen molar-refractivity contribution in [3.8, 4) is 0 Å². The lowest BCUT2D eigenvalue weighted by atomic mass is 10.1. The van der Waals surface area contributed by atoms with Gasteiger partial charge >= 0.3 is 0 Å². The van der Waals surface area contributed by atoms with E-state index >= 15 is 0 Å². The van der Waals surface area contributed by atoms with Crippen LogP contribution in [-0.4, -0.2) is 30.6 Å². The van der Waals surface area contributed by atoms with Gasteiger partial charge in [0.25, 0.3) is 0 Å². The first kappa shape index (κ1) is 9.23. The molecule has 12 heavy (non-hydrogen) atoms. The van der Waals surface area contributed by atoms with Crippen molar-refractivity contribution in [1.29, 1.82) is 0 Å².